The number of hydrogen-bond donors (Lipinski definition) is 1. The van der Waals surface area contributed by atoms with Crippen LogP contribution in [0.2, 0.25) is 0 Å². The van der Waals surface area contributed by atoms with Gasteiger partial charge in [0.05, 0.1) is 10.5 Å². The van der Waals surface area contributed by atoms with Gasteiger partial charge in [0, 0.05) is 5.69 Å². The number of nitrogens with one attached hydrogen (secondary N) is 1. The number of ether oxygens (including phenoxy) is 1. The fraction of sp³-hybridized carbons (Fsp3) is 0.176. The van der Waals surface area contributed by atoms with Gasteiger partial charge in [-0.15, -0.1) is 0 Å². The van der Waals surface area contributed by atoms with E-state index >= 15 is 0 Å². The lowest BCUT2D eigenvalue weighted by Gasteiger charge is -2.09. The first kappa shape index (κ1) is 20.4. The molecule has 0 saturated carbocycles. The van der Waals surface area contributed by atoms with Crippen molar-refractivity contribution in [3.8, 4) is 0 Å². The summed E-state index contributed by atoms with van der Waals surface area (Å²) >= 11 is 0. The number of alkyl halides is 2. The van der Waals surface area contributed by atoms with Crippen LogP contribution in [-0.2, 0) is 19.4 Å². The van der Waals surface area contributed by atoms with Crippen LogP contribution in [0.1, 0.15) is 15.9 Å². The van der Waals surface area contributed by atoms with Crippen LogP contribution in [0, 0.1) is 12.7 Å². The van der Waals surface area contributed by atoms with Gasteiger partial charge < -0.3 is 10.1 Å². The molecule has 27 heavy (non-hydrogen) atoms. The lowest BCUT2D eigenvalue weighted by molar-refractivity contribution is -0.119. The number of sulfone groups is 1. The van der Waals surface area contributed by atoms with Crippen molar-refractivity contribution in [3.05, 3.63) is 59.4 Å². The van der Waals surface area contributed by atoms with Crippen LogP contribution in [0.3, 0.4) is 0 Å². The summed E-state index contributed by atoms with van der Waals surface area (Å²) in [6.07, 6.45) is 0. The summed E-state index contributed by atoms with van der Waals surface area (Å²) in [6.45, 7) is 0.974. The third-order valence-electron chi connectivity index (χ3n) is 3.46. The number of carbonyl (C=O) groups is 2. The van der Waals surface area contributed by atoms with Gasteiger partial charge >= 0.3 is 11.7 Å². The topological polar surface area (TPSA) is 89.5 Å². The average molecular weight is 401 g/mol. The number of aryl methyl sites for hydroxylation is 1. The Labute approximate surface area is 152 Å². The molecule has 10 heteroatoms. The number of amides is 1. The Balaban J connectivity index is 1.97. The zero-order valence-corrected chi connectivity index (χ0v) is 14.7. The molecule has 0 fully saturated rings. The Hall–Kier alpha value is -2.88. The maximum atomic E-state index is 13.2. The van der Waals surface area contributed by atoms with Gasteiger partial charge in [-0.3, -0.25) is 4.79 Å². The summed E-state index contributed by atoms with van der Waals surface area (Å²) in [7, 11) is -4.77. The van der Waals surface area contributed by atoms with E-state index in [0.29, 0.717) is 5.56 Å². The van der Waals surface area contributed by atoms with Gasteiger partial charge in [-0.25, -0.2) is 17.6 Å². The van der Waals surface area contributed by atoms with E-state index in [0.717, 1.165) is 30.3 Å². The lowest BCUT2D eigenvalue weighted by Crippen LogP contribution is -2.21. The Kier molecular flexibility index (Phi) is 6.21. The zero-order chi connectivity index (χ0) is 20.2. The SMILES string of the molecule is Cc1ccc(F)cc1NC(=O)COC(=O)c1ccc(S(=O)(=O)C(F)F)cc1. The van der Waals surface area contributed by atoms with Gasteiger partial charge in [-0.1, -0.05) is 6.07 Å². The van der Waals surface area contributed by atoms with Crippen molar-refractivity contribution in [3.63, 3.8) is 0 Å². The standard InChI is InChI=1S/C17H14F3NO5S/c1-10-2-5-12(18)8-14(10)21-15(22)9-26-16(23)11-3-6-13(7-4-11)27(24,25)17(19)20/h2-8,17H,9H2,1H3,(H,21,22). The van der Waals surface area contributed by atoms with Crippen molar-refractivity contribution in [1.29, 1.82) is 0 Å². The zero-order valence-electron chi connectivity index (χ0n) is 13.9. The molecule has 144 valence electrons. The second-order valence-corrected chi connectivity index (χ2v) is 7.33. The minimum Gasteiger partial charge on any atom is -0.452 e. The number of rotatable bonds is 6. The molecule has 1 N–H and O–H groups in total. The minimum atomic E-state index is -4.77. The van der Waals surface area contributed by atoms with E-state index < -0.39 is 44.8 Å². The maximum Gasteiger partial charge on any atom is 0.341 e. The molecule has 0 aliphatic carbocycles. The van der Waals surface area contributed by atoms with Gasteiger partial charge in [-0.05, 0) is 48.9 Å². The summed E-state index contributed by atoms with van der Waals surface area (Å²) in [5.74, 6) is -5.80. The Morgan fingerprint density at radius 3 is 2.33 bits per heavy atom. The van der Waals surface area contributed by atoms with Crippen LogP contribution in [-0.4, -0.2) is 32.7 Å². The second-order valence-electron chi connectivity index (χ2n) is 5.41. The van der Waals surface area contributed by atoms with Crippen molar-refractivity contribution in [2.24, 2.45) is 0 Å². The van der Waals surface area contributed by atoms with Gasteiger partial charge in [0.2, 0.25) is 9.84 Å². The summed E-state index contributed by atoms with van der Waals surface area (Å²) < 4.78 is 65.5. The van der Waals surface area contributed by atoms with Gasteiger partial charge in [-0.2, -0.15) is 8.78 Å². The molecule has 0 bridgehead atoms. The summed E-state index contributed by atoms with van der Waals surface area (Å²) in [5, 5.41) is 2.38. The molecule has 2 aromatic rings. The molecular formula is C17H14F3NO5S. The number of hydrogen-bond acceptors (Lipinski definition) is 5. The molecule has 0 saturated heterocycles. The van der Waals surface area contributed by atoms with Crippen molar-refractivity contribution in [1.82, 2.24) is 0 Å². The molecule has 2 rings (SSSR count). The molecule has 0 radical (unpaired) electrons. The predicted octanol–water partition coefficient (Wildman–Crippen LogP) is 2.93. The van der Waals surface area contributed by atoms with Gasteiger partial charge in [0.25, 0.3) is 5.91 Å². The quantitative estimate of drug-likeness (QED) is 0.752. The van der Waals surface area contributed by atoms with E-state index in [2.05, 4.69) is 5.32 Å². The van der Waals surface area contributed by atoms with E-state index in [1.54, 1.807) is 6.92 Å². The Bertz CT molecular complexity index is 959. The average Bonchev–Trinajstić information content (AvgIpc) is 2.62. The van der Waals surface area contributed by atoms with E-state index in [4.69, 9.17) is 4.74 Å². The van der Waals surface area contributed by atoms with E-state index in [-0.39, 0.29) is 11.3 Å². The normalized spacial score (nSPS) is 11.3. The number of benzene rings is 2. The molecule has 1 amide bonds. The highest BCUT2D eigenvalue weighted by molar-refractivity contribution is 7.91. The van der Waals surface area contributed by atoms with E-state index in [9.17, 15) is 31.2 Å². The van der Waals surface area contributed by atoms with E-state index in [1.165, 1.54) is 12.1 Å². The fourth-order valence-electron chi connectivity index (χ4n) is 2.01. The molecule has 0 unspecified atom stereocenters. The molecule has 0 aliphatic rings. The Morgan fingerprint density at radius 2 is 1.74 bits per heavy atom. The first-order valence-corrected chi connectivity index (χ1v) is 9.01. The number of carbonyl (C=O) groups excluding carboxylic acids is 2. The third kappa shape index (κ3) is 5.07. The van der Waals surface area contributed by atoms with Crippen LogP contribution in [0.5, 0.6) is 0 Å². The first-order chi connectivity index (χ1) is 12.6. The minimum absolute atomic E-state index is 0.127. The molecule has 0 heterocycles. The largest absolute Gasteiger partial charge is 0.452 e. The molecule has 0 spiro atoms. The van der Waals surface area contributed by atoms with E-state index in [1.807, 2.05) is 0 Å². The summed E-state index contributed by atoms with van der Waals surface area (Å²) in [6, 6.07) is 7.47. The molecule has 0 atom stereocenters. The second kappa shape index (κ2) is 8.21. The van der Waals surface area contributed by atoms with Crippen molar-refractivity contribution in [2.75, 3.05) is 11.9 Å². The molecule has 0 aromatic heterocycles. The van der Waals surface area contributed by atoms with Crippen LogP contribution in [0.4, 0.5) is 18.9 Å². The van der Waals surface area contributed by atoms with Crippen molar-refractivity contribution < 1.29 is 35.9 Å². The molecule has 2 aromatic carbocycles. The van der Waals surface area contributed by atoms with Gasteiger partial charge in [0.1, 0.15) is 5.82 Å². The summed E-state index contributed by atoms with van der Waals surface area (Å²) in [4.78, 5) is 23.0. The summed E-state index contributed by atoms with van der Waals surface area (Å²) in [5.41, 5.74) is 0.697. The number of halogens is 3. The molecule has 6 nitrogen and oxygen atoms in total. The predicted molar refractivity (Wildman–Crippen MR) is 89.7 cm³/mol. The maximum absolute atomic E-state index is 13.2. The number of esters is 1. The van der Waals surface area contributed by atoms with Crippen molar-refractivity contribution >= 4 is 27.4 Å². The molecular weight excluding hydrogens is 387 g/mol. The van der Waals surface area contributed by atoms with Crippen LogP contribution in [0.15, 0.2) is 47.4 Å². The van der Waals surface area contributed by atoms with Crippen LogP contribution >= 0.6 is 0 Å². The highest BCUT2D eigenvalue weighted by atomic mass is 32.2. The van der Waals surface area contributed by atoms with Crippen LogP contribution in [0.25, 0.3) is 0 Å². The smallest absolute Gasteiger partial charge is 0.341 e. The van der Waals surface area contributed by atoms with Crippen molar-refractivity contribution in [2.45, 2.75) is 17.6 Å². The third-order valence-corrected chi connectivity index (χ3v) is 4.86. The monoisotopic (exact) mass is 401 g/mol. The highest BCUT2D eigenvalue weighted by Gasteiger charge is 2.26. The lowest BCUT2D eigenvalue weighted by atomic mass is 10.2. The first-order valence-electron chi connectivity index (χ1n) is 7.46. The fourth-order valence-corrected chi connectivity index (χ4v) is 2.73. The highest BCUT2D eigenvalue weighted by Crippen LogP contribution is 2.19. The Morgan fingerprint density at radius 1 is 1.11 bits per heavy atom. The number of anilines is 1. The van der Waals surface area contributed by atoms with Gasteiger partial charge in [0.15, 0.2) is 6.61 Å². The molecule has 0 aliphatic heterocycles. The van der Waals surface area contributed by atoms with Crippen LogP contribution < -0.4 is 5.32 Å².